The summed E-state index contributed by atoms with van der Waals surface area (Å²) in [5.41, 5.74) is 1.65. The molecule has 0 radical (unpaired) electrons. The molecule has 0 aliphatic rings. The van der Waals surface area contributed by atoms with Crippen molar-refractivity contribution in [2.45, 2.75) is 23.5 Å². The number of nitrogens with zero attached hydrogens (tertiary/aromatic N) is 2. The molecule has 0 fully saturated rings. The normalized spacial score (nSPS) is 11.5. The van der Waals surface area contributed by atoms with Crippen LogP contribution < -0.4 is 5.32 Å². The van der Waals surface area contributed by atoms with E-state index in [-0.39, 0.29) is 5.91 Å². The Kier molecular flexibility index (Phi) is 4.87. The first-order chi connectivity index (χ1) is 11.5. The molecule has 3 aromatic rings. The van der Waals surface area contributed by atoms with Gasteiger partial charge in [0.1, 0.15) is 0 Å². The number of amides is 1. The zero-order valence-electron chi connectivity index (χ0n) is 13.3. The van der Waals surface area contributed by atoms with Gasteiger partial charge in [-0.3, -0.25) is 14.8 Å². The summed E-state index contributed by atoms with van der Waals surface area (Å²) in [7, 11) is 0. The molecule has 0 bridgehead atoms. The van der Waals surface area contributed by atoms with Crippen LogP contribution in [0.2, 0.25) is 0 Å². The number of benzene rings is 1. The van der Waals surface area contributed by atoms with Gasteiger partial charge < -0.3 is 5.32 Å². The standard InChI is InChI=1S/C18H16BrN3OS/c1-18(2,17(23)22-13-5-8-20-9-6-13)24-16-7-10-21-15-4-3-12(19)11-14(15)16/h3-11H,1-2H3,(H,20,22,23). The topological polar surface area (TPSA) is 54.9 Å². The fourth-order valence-electron chi connectivity index (χ4n) is 2.22. The van der Waals surface area contributed by atoms with Gasteiger partial charge in [0, 0.05) is 39.0 Å². The molecule has 0 aliphatic carbocycles. The summed E-state index contributed by atoms with van der Waals surface area (Å²) < 4.78 is 0.351. The number of thioether (sulfide) groups is 1. The highest BCUT2D eigenvalue weighted by molar-refractivity contribution is 9.10. The highest BCUT2D eigenvalue weighted by atomic mass is 79.9. The van der Waals surface area contributed by atoms with E-state index in [4.69, 9.17) is 0 Å². The quantitative estimate of drug-likeness (QED) is 0.631. The average Bonchev–Trinajstić information content (AvgIpc) is 2.56. The van der Waals surface area contributed by atoms with Crippen LogP contribution in [0.25, 0.3) is 10.9 Å². The summed E-state index contributed by atoms with van der Waals surface area (Å²) in [5.74, 6) is -0.0568. The van der Waals surface area contributed by atoms with E-state index in [9.17, 15) is 4.79 Å². The summed E-state index contributed by atoms with van der Waals surface area (Å²) in [5, 5.41) is 3.97. The number of carbonyl (C=O) groups is 1. The Morgan fingerprint density at radius 3 is 2.62 bits per heavy atom. The maximum absolute atomic E-state index is 12.7. The van der Waals surface area contributed by atoms with Crippen molar-refractivity contribution in [2.75, 3.05) is 5.32 Å². The first-order valence-corrected chi connectivity index (χ1v) is 9.01. The Morgan fingerprint density at radius 1 is 1.12 bits per heavy atom. The van der Waals surface area contributed by atoms with Crippen molar-refractivity contribution in [1.82, 2.24) is 9.97 Å². The van der Waals surface area contributed by atoms with E-state index >= 15 is 0 Å². The molecule has 0 saturated heterocycles. The van der Waals surface area contributed by atoms with Crippen LogP contribution in [0.1, 0.15) is 13.8 Å². The third-order valence-electron chi connectivity index (χ3n) is 3.51. The second-order valence-electron chi connectivity index (χ2n) is 5.77. The number of nitrogens with one attached hydrogen (secondary N) is 1. The molecule has 24 heavy (non-hydrogen) atoms. The molecule has 1 aromatic carbocycles. The molecule has 2 aromatic heterocycles. The minimum absolute atomic E-state index is 0.0568. The number of halogens is 1. The van der Waals surface area contributed by atoms with Gasteiger partial charge in [0.2, 0.25) is 5.91 Å². The summed E-state index contributed by atoms with van der Waals surface area (Å²) in [6, 6.07) is 11.5. The smallest absolute Gasteiger partial charge is 0.240 e. The first kappa shape index (κ1) is 16.9. The van der Waals surface area contributed by atoms with Crippen molar-refractivity contribution >= 4 is 50.2 Å². The van der Waals surface area contributed by atoms with Crippen LogP contribution >= 0.6 is 27.7 Å². The Labute approximate surface area is 153 Å². The molecule has 0 saturated carbocycles. The Bertz CT molecular complexity index is 884. The number of hydrogen-bond acceptors (Lipinski definition) is 4. The molecule has 1 N–H and O–H groups in total. The molecule has 3 rings (SSSR count). The third-order valence-corrected chi connectivity index (χ3v) is 5.28. The van der Waals surface area contributed by atoms with Crippen LogP contribution in [0.15, 0.2) is 64.4 Å². The van der Waals surface area contributed by atoms with Crippen molar-refractivity contribution in [3.63, 3.8) is 0 Å². The summed E-state index contributed by atoms with van der Waals surface area (Å²) in [4.78, 5) is 22.0. The molecule has 0 unspecified atom stereocenters. The van der Waals surface area contributed by atoms with Crippen LogP contribution in [0.3, 0.4) is 0 Å². The Balaban J connectivity index is 1.86. The lowest BCUT2D eigenvalue weighted by Gasteiger charge is -2.23. The van der Waals surface area contributed by atoms with E-state index in [1.807, 2.05) is 38.1 Å². The van der Waals surface area contributed by atoms with Gasteiger partial charge in [-0.2, -0.15) is 0 Å². The number of carbonyl (C=O) groups excluding carboxylic acids is 1. The van der Waals surface area contributed by atoms with Gasteiger partial charge >= 0.3 is 0 Å². The number of rotatable bonds is 4. The van der Waals surface area contributed by atoms with E-state index in [0.29, 0.717) is 0 Å². The molecular formula is C18H16BrN3OS. The second-order valence-corrected chi connectivity index (χ2v) is 8.35. The number of fused-ring (bicyclic) bond motifs is 1. The maximum atomic E-state index is 12.7. The minimum Gasteiger partial charge on any atom is -0.325 e. The fourth-order valence-corrected chi connectivity index (χ4v) is 3.68. The lowest BCUT2D eigenvalue weighted by Crippen LogP contribution is -2.33. The van der Waals surface area contributed by atoms with Gasteiger partial charge in [-0.05, 0) is 50.2 Å². The van der Waals surface area contributed by atoms with Crippen molar-refractivity contribution < 1.29 is 4.79 Å². The zero-order chi connectivity index (χ0) is 17.2. The molecule has 6 heteroatoms. The van der Waals surface area contributed by atoms with Crippen LogP contribution in [0, 0.1) is 0 Å². The molecule has 0 aliphatic heterocycles. The number of hydrogen-bond donors (Lipinski definition) is 1. The van der Waals surface area contributed by atoms with Crippen LogP contribution in [0.4, 0.5) is 5.69 Å². The molecule has 122 valence electrons. The summed E-state index contributed by atoms with van der Waals surface area (Å²) in [6.07, 6.45) is 5.09. The molecule has 2 heterocycles. The number of anilines is 1. The van der Waals surface area contributed by atoms with Crippen LogP contribution in [-0.2, 0) is 4.79 Å². The van der Waals surface area contributed by atoms with Crippen molar-refractivity contribution in [3.8, 4) is 0 Å². The van der Waals surface area contributed by atoms with Gasteiger partial charge in [0.15, 0.2) is 0 Å². The maximum Gasteiger partial charge on any atom is 0.240 e. The lowest BCUT2D eigenvalue weighted by molar-refractivity contribution is -0.117. The summed E-state index contributed by atoms with van der Waals surface area (Å²) >= 11 is 5.02. The van der Waals surface area contributed by atoms with E-state index in [1.165, 1.54) is 11.8 Å². The van der Waals surface area contributed by atoms with Crippen molar-refractivity contribution in [1.29, 1.82) is 0 Å². The number of aromatic nitrogens is 2. The second kappa shape index (κ2) is 6.91. The van der Waals surface area contributed by atoms with Gasteiger partial charge in [-0.1, -0.05) is 15.9 Å². The van der Waals surface area contributed by atoms with Crippen molar-refractivity contribution in [3.05, 3.63) is 59.5 Å². The van der Waals surface area contributed by atoms with Crippen LogP contribution in [-0.4, -0.2) is 20.6 Å². The zero-order valence-corrected chi connectivity index (χ0v) is 15.7. The molecule has 1 amide bonds. The Hall–Kier alpha value is -1.92. The highest BCUT2D eigenvalue weighted by Crippen LogP contribution is 2.37. The van der Waals surface area contributed by atoms with Crippen LogP contribution in [0.5, 0.6) is 0 Å². The van der Waals surface area contributed by atoms with E-state index < -0.39 is 4.75 Å². The van der Waals surface area contributed by atoms with Gasteiger partial charge in [-0.25, -0.2) is 0 Å². The molecule has 4 nitrogen and oxygen atoms in total. The van der Waals surface area contributed by atoms with E-state index in [2.05, 4.69) is 31.2 Å². The minimum atomic E-state index is -0.639. The fraction of sp³-hybridized carbons (Fsp3) is 0.167. The van der Waals surface area contributed by atoms with E-state index in [1.54, 1.807) is 30.7 Å². The van der Waals surface area contributed by atoms with Gasteiger partial charge in [0.05, 0.1) is 10.3 Å². The predicted octanol–water partition coefficient (Wildman–Crippen LogP) is 4.90. The van der Waals surface area contributed by atoms with Gasteiger partial charge in [0.25, 0.3) is 0 Å². The average molecular weight is 402 g/mol. The Morgan fingerprint density at radius 2 is 1.88 bits per heavy atom. The summed E-state index contributed by atoms with van der Waals surface area (Å²) in [6.45, 7) is 3.83. The lowest BCUT2D eigenvalue weighted by atomic mass is 10.2. The van der Waals surface area contributed by atoms with Gasteiger partial charge in [-0.15, -0.1) is 11.8 Å². The first-order valence-electron chi connectivity index (χ1n) is 7.40. The molecule has 0 atom stereocenters. The monoisotopic (exact) mass is 401 g/mol. The SMILES string of the molecule is CC(C)(Sc1ccnc2ccc(Br)cc12)C(=O)Nc1ccncc1. The van der Waals surface area contributed by atoms with E-state index in [0.717, 1.165) is 26.0 Å². The highest BCUT2D eigenvalue weighted by Gasteiger charge is 2.29. The largest absolute Gasteiger partial charge is 0.325 e. The predicted molar refractivity (Wildman–Crippen MR) is 102 cm³/mol. The third kappa shape index (κ3) is 3.76. The molecular weight excluding hydrogens is 386 g/mol. The number of pyridine rings is 2. The van der Waals surface area contributed by atoms with Crippen molar-refractivity contribution in [2.24, 2.45) is 0 Å². The molecule has 0 spiro atoms.